The lowest BCUT2D eigenvalue weighted by Crippen LogP contribution is -2.01. The van der Waals surface area contributed by atoms with Crippen molar-refractivity contribution in [1.29, 1.82) is 0 Å². The summed E-state index contributed by atoms with van der Waals surface area (Å²) in [7, 11) is 0. The molecule has 1 saturated carbocycles. The highest BCUT2D eigenvalue weighted by Crippen LogP contribution is 2.41. The summed E-state index contributed by atoms with van der Waals surface area (Å²) in [5.74, 6) is 1.29. The number of fused-ring (bicyclic) bond motifs is 1. The van der Waals surface area contributed by atoms with Gasteiger partial charge in [0.2, 0.25) is 0 Å². The van der Waals surface area contributed by atoms with E-state index in [0.29, 0.717) is 11.8 Å². The molecule has 3 aromatic heterocycles. The van der Waals surface area contributed by atoms with Crippen molar-refractivity contribution in [2.75, 3.05) is 0 Å². The second kappa shape index (κ2) is 7.43. The Labute approximate surface area is 171 Å². The number of benzene rings is 1. The molecular weight excluding hydrogens is 356 g/mol. The van der Waals surface area contributed by atoms with E-state index < -0.39 is 0 Å². The standard InChI is InChI=1S/C25H26N4/c1-17(2)11-13-29-16-21(15-27-29)22-9-10-23(19-5-6-19)28-25(22)20-8-7-18-4-3-12-26-24(18)14-20/h3-4,7-10,12,14-17,19H,5-6,11,13H2,1-2H3. The SMILES string of the molecule is CC(C)CCn1cc(-c2ccc(C3CC3)nc2-c2ccc3cccnc3c2)cn1. The third kappa shape index (κ3) is 3.80. The molecule has 0 N–H and O–H groups in total. The molecule has 1 aliphatic carbocycles. The van der Waals surface area contributed by atoms with Crippen molar-refractivity contribution >= 4 is 10.9 Å². The van der Waals surface area contributed by atoms with Crippen LogP contribution in [0, 0.1) is 5.92 Å². The average Bonchev–Trinajstić information content (AvgIpc) is 3.49. The van der Waals surface area contributed by atoms with Gasteiger partial charge in [-0.05, 0) is 43.4 Å². The van der Waals surface area contributed by atoms with E-state index in [1.165, 1.54) is 18.5 Å². The third-order valence-corrected chi connectivity index (χ3v) is 5.67. The molecule has 0 radical (unpaired) electrons. The number of hydrogen-bond acceptors (Lipinski definition) is 3. The lowest BCUT2D eigenvalue weighted by Gasteiger charge is -2.11. The summed E-state index contributed by atoms with van der Waals surface area (Å²) in [5, 5.41) is 5.75. The molecule has 0 amide bonds. The Kier molecular flexibility index (Phi) is 4.62. The van der Waals surface area contributed by atoms with Crippen LogP contribution >= 0.6 is 0 Å². The highest BCUT2D eigenvalue weighted by Gasteiger charge is 2.26. The monoisotopic (exact) mass is 382 g/mol. The predicted octanol–water partition coefficient (Wildman–Crippen LogP) is 6.08. The first-order chi connectivity index (χ1) is 14.2. The number of rotatable bonds is 6. The Morgan fingerprint density at radius 3 is 2.79 bits per heavy atom. The lowest BCUT2D eigenvalue weighted by atomic mass is 9.99. The van der Waals surface area contributed by atoms with Crippen molar-refractivity contribution in [1.82, 2.24) is 19.7 Å². The highest BCUT2D eigenvalue weighted by atomic mass is 15.3. The van der Waals surface area contributed by atoms with Gasteiger partial charge in [-0.1, -0.05) is 38.1 Å². The van der Waals surface area contributed by atoms with Crippen molar-refractivity contribution in [2.45, 2.75) is 45.6 Å². The zero-order valence-corrected chi connectivity index (χ0v) is 17.0. The summed E-state index contributed by atoms with van der Waals surface area (Å²) >= 11 is 0. The second-order valence-electron chi connectivity index (χ2n) is 8.49. The maximum Gasteiger partial charge on any atom is 0.0785 e. The van der Waals surface area contributed by atoms with E-state index in [1.807, 2.05) is 18.5 Å². The molecule has 1 aliphatic rings. The quantitative estimate of drug-likeness (QED) is 0.406. The van der Waals surface area contributed by atoms with Crippen molar-refractivity contribution in [3.8, 4) is 22.4 Å². The summed E-state index contributed by atoms with van der Waals surface area (Å²) in [5.41, 5.74) is 6.62. The molecule has 29 heavy (non-hydrogen) atoms. The molecule has 0 spiro atoms. The fourth-order valence-electron chi connectivity index (χ4n) is 3.76. The smallest absolute Gasteiger partial charge is 0.0785 e. The van der Waals surface area contributed by atoms with Gasteiger partial charge >= 0.3 is 0 Å². The predicted molar refractivity (Wildman–Crippen MR) is 118 cm³/mol. The van der Waals surface area contributed by atoms with Crippen LogP contribution in [0.4, 0.5) is 0 Å². The number of pyridine rings is 2. The van der Waals surface area contributed by atoms with E-state index in [-0.39, 0.29) is 0 Å². The first-order valence-corrected chi connectivity index (χ1v) is 10.6. The minimum atomic E-state index is 0.621. The average molecular weight is 383 g/mol. The molecule has 1 aromatic carbocycles. The summed E-state index contributed by atoms with van der Waals surface area (Å²) in [6.07, 6.45) is 9.59. The Bertz CT molecular complexity index is 1150. The van der Waals surface area contributed by atoms with Gasteiger partial charge in [0.05, 0.1) is 17.4 Å². The van der Waals surface area contributed by atoms with Gasteiger partial charge in [-0.3, -0.25) is 14.6 Å². The maximum atomic E-state index is 5.11. The minimum absolute atomic E-state index is 0.621. The second-order valence-corrected chi connectivity index (χ2v) is 8.49. The molecule has 146 valence electrons. The van der Waals surface area contributed by atoms with E-state index in [4.69, 9.17) is 4.98 Å². The van der Waals surface area contributed by atoms with Crippen molar-refractivity contribution in [3.63, 3.8) is 0 Å². The fourth-order valence-corrected chi connectivity index (χ4v) is 3.76. The normalized spacial score (nSPS) is 14.0. The van der Waals surface area contributed by atoms with Crippen LogP contribution in [0.2, 0.25) is 0 Å². The number of nitrogens with zero attached hydrogens (tertiary/aromatic N) is 4. The van der Waals surface area contributed by atoms with Crippen LogP contribution in [-0.2, 0) is 6.54 Å². The molecule has 4 nitrogen and oxygen atoms in total. The van der Waals surface area contributed by atoms with Gasteiger partial charge in [0.15, 0.2) is 0 Å². The largest absolute Gasteiger partial charge is 0.272 e. The topological polar surface area (TPSA) is 43.6 Å². The fraction of sp³-hybridized carbons (Fsp3) is 0.320. The van der Waals surface area contributed by atoms with Gasteiger partial charge in [-0.15, -0.1) is 0 Å². The minimum Gasteiger partial charge on any atom is -0.272 e. The van der Waals surface area contributed by atoms with Crippen LogP contribution in [0.1, 0.15) is 44.7 Å². The maximum absolute atomic E-state index is 5.11. The van der Waals surface area contributed by atoms with Crippen LogP contribution in [-0.4, -0.2) is 19.7 Å². The van der Waals surface area contributed by atoms with Crippen LogP contribution in [0.15, 0.2) is 61.1 Å². The molecule has 4 aromatic rings. The van der Waals surface area contributed by atoms with E-state index >= 15 is 0 Å². The molecule has 3 heterocycles. The van der Waals surface area contributed by atoms with Crippen molar-refractivity contribution in [3.05, 3.63) is 66.7 Å². The first kappa shape index (κ1) is 18.0. The number of aromatic nitrogens is 4. The Morgan fingerprint density at radius 2 is 1.97 bits per heavy atom. The summed E-state index contributed by atoms with van der Waals surface area (Å²) in [6, 6.07) is 14.9. The first-order valence-electron chi connectivity index (χ1n) is 10.6. The number of aryl methyl sites for hydroxylation is 1. The van der Waals surface area contributed by atoms with Gasteiger partial charge in [0.25, 0.3) is 0 Å². The van der Waals surface area contributed by atoms with E-state index in [2.05, 4.69) is 71.2 Å². The van der Waals surface area contributed by atoms with E-state index in [1.54, 1.807) is 0 Å². The van der Waals surface area contributed by atoms with Crippen molar-refractivity contribution < 1.29 is 0 Å². The molecule has 0 aliphatic heterocycles. The molecule has 0 atom stereocenters. The molecular formula is C25H26N4. The lowest BCUT2D eigenvalue weighted by molar-refractivity contribution is 0.487. The highest BCUT2D eigenvalue weighted by molar-refractivity contribution is 5.87. The Hall–Kier alpha value is -3.01. The zero-order valence-electron chi connectivity index (χ0n) is 17.0. The van der Waals surface area contributed by atoms with Gasteiger partial charge in [0, 0.05) is 52.6 Å². The molecule has 0 saturated heterocycles. The molecule has 0 bridgehead atoms. The van der Waals surface area contributed by atoms with Crippen LogP contribution < -0.4 is 0 Å². The molecule has 4 heteroatoms. The van der Waals surface area contributed by atoms with Crippen LogP contribution in [0.3, 0.4) is 0 Å². The Morgan fingerprint density at radius 1 is 1.07 bits per heavy atom. The number of hydrogen-bond donors (Lipinski definition) is 0. The van der Waals surface area contributed by atoms with Gasteiger partial charge < -0.3 is 0 Å². The summed E-state index contributed by atoms with van der Waals surface area (Å²) in [4.78, 5) is 9.65. The summed E-state index contributed by atoms with van der Waals surface area (Å²) < 4.78 is 2.05. The van der Waals surface area contributed by atoms with Crippen LogP contribution in [0.5, 0.6) is 0 Å². The van der Waals surface area contributed by atoms with Gasteiger partial charge in [-0.2, -0.15) is 5.10 Å². The van der Waals surface area contributed by atoms with Crippen LogP contribution in [0.25, 0.3) is 33.3 Å². The van der Waals surface area contributed by atoms with E-state index in [9.17, 15) is 0 Å². The Balaban J connectivity index is 1.58. The van der Waals surface area contributed by atoms with Gasteiger partial charge in [-0.25, -0.2) is 0 Å². The molecule has 5 rings (SSSR count). The summed E-state index contributed by atoms with van der Waals surface area (Å²) in [6.45, 7) is 5.44. The van der Waals surface area contributed by atoms with Crippen molar-refractivity contribution in [2.24, 2.45) is 5.92 Å². The zero-order chi connectivity index (χ0) is 19.8. The third-order valence-electron chi connectivity index (χ3n) is 5.67. The van der Waals surface area contributed by atoms with E-state index in [0.717, 1.165) is 46.3 Å². The molecule has 1 fully saturated rings. The van der Waals surface area contributed by atoms with Gasteiger partial charge in [0.1, 0.15) is 0 Å². The molecule has 0 unspecified atom stereocenters.